The van der Waals surface area contributed by atoms with E-state index in [0.717, 1.165) is 89.7 Å². The largest absolute Gasteiger partial charge is 0.464 e. The number of carbonyl (C=O) groups is 3. The Morgan fingerprint density at radius 1 is 0.947 bits per heavy atom. The Hall–Kier alpha value is -4.95. The lowest BCUT2D eigenvalue weighted by molar-refractivity contribution is -0.204. The van der Waals surface area contributed by atoms with E-state index in [0.29, 0.717) is 90.1 Å². The maximum Gasteiger partial charge on any atom is 0.324 e. The zero-order valence-corrected chi connectivity index (χ0v) is 44.8. The molecule has 7 atom stereocenters. The van der Waals surface area contributed by atoms with Gasteiger partial charge < -0.3 is 42.9 Å². The van der Waals surface area contributed by atoms with Crippen LogP contribution >= 0.6 is 0 Å². The van der Waals surface area contributed by atoms with E-state index in [1.165, 1.54) is 17.9 Å². The molecule has 2 N–H and O–H groups in total. The van der Waals surface area contributed by atoms with E-state index in [4.69, 9.17) is 38.1 Å². The van der Waals surface area contributed by atoms with Crippen LogP contribution < -0.4 is 15.6 Å². The van der Waals surface area contributed by atoms with Crippen LogP contribution in [0.4, 0.5) is 5.69 Å². The van der Waals surface area contributed by atoms with Gasteiger partial charge in [-0.05, 0) is 87.5 Å². The number of cyclic esters (lactones) is 1. The normalized spacial score (nSPS) is 28.9. The molecule has 18 nitrogen and oxygen atoms in total. The summed E-state index contributed by atoms with van der Waals surface area (Å²) >= 11 is 0. The molecule has 9 heterocycles. The molecule has 75 heavy (non-hydrogen) atoms. The zero-order chi connectivity index (χ0) is 51.8. The summed E-state index contributed by atoms with van der Waals surface area (Å²) in [6.45, 7) is 19.9. The fourth-order valence-electron chi connectivity index (χ4n) is 13.0. The van der Waals surface area contributed by atoms with Gasteiger partial charge >= 0.3 is 5.97 Å². The molecule has 2 amide bonds. The van der Waals surface area contributed by atoms with Gasteiger partial charge in [-0.3, -0.25) is 34.2 Å². The highest BCUT2D eigenvalue weighted by atomic mass is 16.5. The van der Waals surface area contributed by atoms with Gasteiger partial charge in [0.1, 0.15) is 30.1 Å². The number of rotatable bonds is 12. The van der Waals surface area contributed by atoms with E-state index in [2.05, 4.69) is 88.9 Å². The molecule has 5 saturated heterocycles. The third-order valence-corrected chi connectivity index (χ3v) is 18.0. The van der Waals surface area contributed by atoms with Crippen molar-refractivity contribution >= 4 is 34.4 Å². The molecule has 2 saturated carbocycles. The molecule has 1 unspecified atom stereocenters. The standard InChI is InChI=1S/C57H77N9O9/c1-34-35(2)47(34)52(67)60-49-51(64-29-57(30-64)32-72-33-57)53-59-45(28-74-53)37-9-12-46-41(24-37)43(26-56(4,5)31-75-55(69)44-8-7-15-66(61-44)54(49)68)50(65(46)20-23-73-40-13-21-71-22-14-40)42-25-39(27-58-48(42)36(3)70-6)63-18-16-62(17-19-63)38-10-11-38/h9,12,24-25,27-28,34-36,38,40,44,47,49,51,61H,7-8,10-11,13-23,26,29-33H2,1-6H3,(H,60,67)/t34-,35+,36-,44-,47?,49-,51-/m0/s1. The van der Waals surface area contributed by atoms with Gasteiger partial charge in [0, 0.05) is 118 Å². The van der Waals surface area contributed by atoms with Crippen LogP contribution in [0.25, 0.3) is 33.4 Å². The Balaban J connectivity index is 1.00. The number of fused-ring (bicyclic) bond motifs is 6. The topological polar surface area (TPSA) is 178 Å². The summed E-state index contributed by atoms with van der Waals surface area (Å²) in [6.07, 6.45) is 9.43. The first kappa shape index (κ1) is 50.8. The number of carbonyl (C=O) groups excluding carboxylic acids is 3. The molecular weight excluding hydrogens is 955 g/mol. The van der Waals surface area contributed by atoms with Crippen molar-refractivity contribution in [3.05, 3.63) is 53.9 Å². The van der Waals surface area contributed by atoms with Gasteiger partial charge in [-0.2, -0.15) is 0 Å². The number of anilines is 1. The van der Waals surface area contributed by atoms with Gasteiger partial charge in [-0.25, -0.2) is 10.4 Å². The average molecular weight is 1030 g/mol. The van der Waals surface area contributed by atoms with E-state index in [-0.39, 0.29) is 53.8 Å². The van der Waals surface area contributed by atoms with E-state index in [1.54, 1.807) is 13.4 Å². The Morgan fingerprint density at radius 3 is 2.43 bits per heavy atom. The van der Waals surface area contributed by atoms with Crippen LogP contribution in [0.5, 0.6) is 0 Å². The second-order valence-corrected chi connectivity index (χ2v) is 24.1. The zero-order valence-electron chi connectivity index (χ0n) is 44.8. The quantitative estimate of drug-likeness (QED) is 0.160. The first-order valence-electron chi connectivity index (χ1n) is 28.0. The Morgan fingerprint density at radius 2 is 1.72 bits per heavy atom. The number of hydrogen-bond donors (Lipinski definition) is 2. The van der Waals surface area contributed by atoms with Crippen LogP contribution in [-0.2, 0) is 51.0 Å². The molecule has 6 bridgehead atoms. The fourth-order valence-corrected chi connectivity index (χ4v) is 13.0. The fraction of sp³-hybridized carbons (Fsp3) is 0.667. The van der Waals surface area contributed by atoms with E-state index >= 15 is 4.79 Å². The Labute approximate surface area is 440 Å². The number of hydrazine groups is 1. The van der Waals surface area contributed by atoms with Gasteiger partial charge in [0.05, 0.1) is 61.9 Å². The lowest BCUT2D eigenvalue weighted by Gasteiger charge is -2.57. The maximum absolute atomic E-state index is 15.2. The summed E-state index contributed by atoms with van der Waals surface area (Å²) in [5, 5.41) is 5.78. The predicted octanol–water partition coefficient (Wildman–Crippen LogP) is 5.93. The molecule has 404 valence electrons. The number of ether oxygens (including phenoxy) is 5. The van der Waals surface area contributed by atoms with Gasteiger partial charge in [0.25, 0.3) is 5.91 Å². The molecule has 1 spiro atoms. The van der Waals surface area contributed by atoms with Gasteiger partial charge in [0.2, 0.25) is 11.8 Å². The number of likely N-dealkylation sites (tertiary alicyclic amines) is 1. The van der Waals surface area contributed by atoms with E-state index in [9.17, 15) is 9.59 Å². The molecule has 3 aromatic heterocycles. The van der Waals surface area contributed by atoms with E-state index in [1.807, 2.05) is 6.20 Å². The van der Waals surface area contributed by atoms with Crippen LogP contribution in [0.15, 0.2) is 41.1 Å². The smallest absolute Gasteiger partial charge is 0.324 e. The highest BCUT2D eigenvalue weighted by Crippen LogP contribution is 2.48. The summed E-state index contributed by atoms with van der Waals surface area (Å²) in [5.74, 6) is -0.414. The number of oxazole rings is 1. The van der Waals surface area contributed by atoms with Crippen molar-refractivity contribution in [3.8, 4) is 22.5 Å². The van der Waals surface area contributed by atoms with Crippen molar-refractivity contribution in [2.24, 2.45) is 28.6 Å². The molecule has 8 aliphatic rings. The number of nitrogens with one attached hydrogen (secondary N) is 2. The number of pyridine rings is 1. The highest BCUT2D eigenvalue weighted by Gasteiger charge is 2.56. The molecule has 18 heteroatoms. The van der Waals surface area contributed by atoms with Crippen LogP contribution in [0.1, 0.15) is 102 Å². The molecule has 4 aromatic rings. The maximum atomic E-state index is 15.2. The van der Waals surface area contributed by atoms with Crippen molar-refractivity contribution in [1.82, 2.24) is 40.1 Å². The van der Waals surface area contributed by atoms with Gasteiger partial charge in [-0.15, -0.1) is 0 Å². The second-order valence-electron chi connectivity index (χ2n) is 24.1. The summed E-state index contributed by atoms with van der Waals surface area (Å²) in [4.78, 5) is 61.5. The van der Waals surface area contributed by atoms with Gasteiger partial charge in [-0.1, -0.05) is 33.8 Å². The molecule has 0 radical (unpaired) electrons. The minimum Gasteiger partial charge on any atom is -0.464 e. The van der Waals surface area contributed by atoms with Crippen LogP contribution in [0.3, 0.4) is 0 Å². The SMILES string of the molecule is CO[C@@H](C)c1ncc(N2CCN(C3CC3)CC2)cc1-c1c2c3cc(ccc3n1CCOC1CCOCC1)-c1coc(n1)[C@@H](N1CC3(COC3)C1)[C@H](NC(=O)C1[C@@H](C)[C@H]1C)C(=O)N1CCC[C@H](N1)C(=O)OCC(C)(C)C2. The minimum absolute atomic E-state index is 0.0201. The number of nitrogens with zero attached hydrogens (tertiary/aromatic N) is 7. The molecule has 1 aromatic carbocycles. The van der Waals surface area contributed by atoms with Crippen molar-refractivity contribution < 1.29 is 42.5 Å². The first-order chi connectivity index (χ1) is 36.3. The molecule has 6 aliphatic heterocycles. The third kappa shape index (κ3) is 10.0. The number of piperazine rings is 1. The summed E-state index contributed by atoms with van der Waals surface area (Å²) in [5.41, 5.74) is 10.2. The third-order valence-electron chi connectivity index (χ3n) is 18.0. The van der Waals surface area contributed by atoms with Crippen molar-refractivity contribution in [2.45, 2.75) is 122 Å². The van der Waals surface area contributed by atoms with Crippen LogP contribution in [-0.4, -0.2) is 164 Å². The number of benzene rings is 1. The second kappa shape index (κ2) is 20.4. The number of aromatic nitrogens is 3. The molecule has 7 fully saturated rings. The van der Waals surface area contributed by atoms with Crippen molar-refractivity contribution in [2.75, 3.05) is 97.5 Å². The van der Waals surface area contributed by atoms with Crippen LogP contribution in [0.2, 0.25) is 0 Å². The average Bonchev–Trinajstić information content (AvgIpc) is 4.29. The number of methoxy groups -OCH3 is 1. The summed E-state index contributed by atoms with van der Waals surface area (Å²) < 4.78 is 39.5. The van der Waals surface area contributed by atoms with Crippen molar-refractivity contribution in [3.63, 3.8) is 0 Å². The molecular formula is C57H77N9O9. The number of hydrogen-bond acceptors (Lipinski definition) is 15. The van der Waals surface area contributed by atoms with Crippen LogP contribution in [0, 0.1) is 28.6 Å². The van der Waals surface area contributed by atoms with Crippen molar-refractivity contribution in [1.29, 1.82) is 0 Å². The lowest BCUT2D eigenvalue weighted by Crippen LogP contribution is -2.70. The molecule has 12 rings (SSSR count). The minimum atomic E-state index is -1.06. The lowest BCUT2D eigenvalue weighted by atomic mass is 9.76. The number of esters is 1. The highest BCUT2D eigenvalue weighted by molar-refractivity contribution is 5.96. The van der Waals surface area contributed by atoms with Gasteiger partial charge in [0.15, 0.2) is 0 Å². The monoisotopic (exact) mass is 1030 g/mol. The van der Waals surface area contributed by atoms with E-state index < -0.39 is 29.5 Å². The molecule has 2 aliphatic carbocycles. The summed E-state index contributed by atoms with van der Waals surface area (Å²) in [6, 6.07) is 6.97. The Bertz CT molecular complexity index is 2760. The number of amides is 2. The predicted molar refractivity (Wildman–Crippen MR) is 280 cm³/mol. The summed E-state index contributed by atoms with van der Waals surface area (Å²) in [7, 11) is 1.74. The first-order valence-corrected chi connectivity index (χ1v) is 28.0. The Kier molecular flexibility index (Phi) is 13.9.